The number of amides is 2. The monoisotopic (exact) mass is 790 g/mol. The minimum Gasteiger partial charge on any atom is -0.744 e. The Bertz CT molecular complexity index is 2180. The minimum absolute atomic E-state index is 0. The number of hydrazone groups is 1. The number of nitrogens with zero attached hydrogens (tertiary/aromatic N) is 3. The van der Waals surface area contributed by atoms with E-state index in [-0.39, 0.29) is 126 Å². The zero-order chi connectivity index (χ0) is 37.2. The molecule has 0 bridgehead atoms. The Balaban J connectivity index is 0.00000486. The number of aliphatic hydroxyl groups is 2. The molecule has 0 aliphatic carbocycles. The van der Waals surface area contributed by atoms with Gasteiger partial charge in [0.25, 0.3) is 17.4 Å². The number of H-pyrrole nitrogens is 1. The molecule has 2 aromatic carbocycles. The summed E-state index contributed by atoms with van der Waals surface area (Å²) >= 11 is 0. The van der Waals surface area contributed by atoms with Crippen molar-refractivity contribution in [3.63, 3.8) is 0 Å². The normalized spacial score (nSPS) is 14.1. The van der Waals surface area contributed by atoms with Gasteiger partial charge in [-0.05, 0) is 35.4 Å². The molecule has 0 radical (unpaired) electrons. The summed E-state index contributed by atoms with van der Waals surface area (Å²) in [5, 5.41) is 28.2. The summed E-state index contributed by atoms with van der Waals surface area (Å²) in [4.78, 5) is 43.7. The number of hydrogen-bond acceptors (Lipinski definition) is 14. The summed E-state index contributed by atoms with van der Waals surface area (Å²) in [6.45, 7) is -1.62. The molecule has 1 aliphatic heterocycles. The quantitative estimate of drug-likeness (QED) is 0.0213. The molecule has 0 atom stereocenters. The maximum atomic E-state index is 13.4. The van der Waals surface area contributed by atoms with Crippen molar-refractivity contribution in [2.75, 3.05) is 26.3 Å². The van der Waals surface area contributed by atoms with E-state index in [1.54, 1.807) is 0 Å². The first kappa shape index (κ1) is 46.1. The van der Waals surface area contributed by atoms with Crippen molar-refractivity contribution >= 4 is 43.8 Å². The first-order chi connectivity index (χ1) is 24.3. The number of aromatic nitrogens is 2. The maximum Gasteiger partial charge on any atom is 1.00 e. The molecule has 0 saturated heterocycles. The van der Waals surface area contributed by atoms with Gasteiger partial charge in [0.1, 0.15) is 26.8 Å². The van der Waals surface area contributed by atoms with E-state index in [0.717, 1.165) is 21.8 Å². The van der Waals surface area contributed by atoms with Gasteiger partial charge < -0.3 is 24.6 Å². The van der Waals surface area contributed by atoms with Crippen molar-refractivity contribution in [2.45, 2.75) is 29.5 Å². The molecule has 53 heavy (non-hydrogen) atoms. The summed E-state index contributed by atoms with van der Waals surface area (Å²) in [5.41, 5.74) is 1.73. The van der Waals surface area contributed by atoms with Gasteiger partial charge in [-0.1, -0.05) is 54.6 Å². The molecule has 2 amide bonds. The van der Waals surface area contributed by atoms with Crippen molar-refractivity contribution < 1.29 is 110 Å². The first-order valence-corrected chi connectivity index (χ1v) is 17.8. The van der Waals surface area contributed by atoms with Crippen LogP contribution >= 0.6 is 0 Å². The van der Waals surface area contributed by atoms with Gasteiger partial charge in [0.2, 0.25) is 0 Å². The first-order valence-electron chi connectivity index (χ1n) is 15.0. The molecule has 272 valence electrons. The molecule has 1 aliphatic rings. The van der Waals surface area contributed by atoms with Crippen LogP contribution in [-0.4, -0.2) is 94.8 Å². The zero-order valence-corrected chi connectivity index (χ0v) is 34.2. The van der Waals surface area contributed by atoms with Crippen LogP contribution in [0.3, 0.4) is 0 Å². The number of carbonyl (C=O) groups excluding carboxylic acids is 2. The SMILES string of the molecule is O=C(NCCO)C1=NN(Cc2ccccc2S(=O)(=O)[O-])C(=O)/C1=C/C=C\C=C\c1c(CONCCO)[nH]n(Cc2ccccc2S(=O)(=O)[O-])c1=O.[Na+].[Na+]. The van der Waals surface area contributed by atoms with Crippen LogP contribution in [0.25, 0.3) is 6.08 Å². The van der Waals surface area contributed by atoms with E-state index in [4.69, 9.17) is 15.1 Å². The summed E-state index contributed by atoms with van der Waals surface area (Å²) < 4.78 is 71.6. The van der Waals surface area contributed by atoms with Crippen LogP contribution in [0.1, 0.15) is 22.4 Å². The fourth-order valence-corrected chi connectivity index (χ4v) is 6.18. The van der Waals surface area contributed by atoms with E-state index >= 15 is 0 Å². The van der Waals surface area contributed by atoms with Gasteiger partial charge in [-0.25, -0.2) is 26.5 Å². The summed E-state index contributed by atoms with van der Waals surface area (Å²) in [5.74, 6) is -1.60. The second-order valence-corrected chi connectivity index (χ2v) is 13.2. The number of allylic oxidation sites excluding steroid dienone is 4. The third kappa shape index (κ3) is 12.5. The van der Waals surface area contributed by atoms with E-state index in [1.807, 2.05) is 0 Å². The molecule has 0 fully saturated rings. The van der Waals surface area contributed by atoms with E-state index < -0.39 is 60.6 Å². The molecule has 1 aromatic heterocycles. The summed E-state index contributed by atoms with van der Waals surface area (Å²) in [6, 6.07) is 10.6. The molecule has 22 heteroatoms. The van der Waals surface area contributed by atoms with Crippen LogP contribution in [0.15, 0.2) is 98.1 Å². The molecule has 3 aromatic rings. The number of rotatable bonds is 17. The second-order valence-electron chi connectivity index (χ2n) is 10.5. The van der Waals surface area contributed by atoms with Gasteiger partial charge >= 0.3 is 59.1 Å². The average molecular weight is 791 g/mol. The molecule has 5 N–H and O–H groups in total. The van der Waals surface area contributed by atoms with Crippen molar-refractivity contribution in [1.82, 2.24) is 25.6 Å². The average Bonchev–Trinajstić information content (AvgIpc) is 3.55. The largest absolute Gasteiger partial charge is 1.00 e. The molecule has 0 saturated carbocycles. The van der Waals surface area contributed by atoms with Gasteiger partial charge in [0.05, 0.1) is 52.9 Å². The Morgan fingerprint density at radius 2 is 1.45 bits per heavy atom. The van der Waals surface area contributed by atoms with Gasteiger partial charge in [0.15, 0.2) is 5.71 Å². The van der Waals surface area contributed by atoms with Crippen LogP contribution in [-0.2, 0) is 54.4 Å². The number of hydroxylamine groups is 1. The van der Waals surface area contributed by atoms with Gasteiger partial charge in [0, 0.05) is 13.1 Å². The third-order valence-electron chi connectivity index (χ3n) is 7.04. The van der Waals surface area contributed by atoms with Crippen LogP contribution in [0.5, 0.6) is 0 Å². The Labute approximate surface area is 348 Å². The summed E-state index contributed by atoms with van der Waals surface area (Å²) in [6.07, 6.45) is 6.83. The number of aromatic amines is 1. The van der Waals surface area contributed by atoms with Crippen molar-refractivity contribution in [1.29, 1.82) is 0 Å². The topological polar surface area (TPSA) is 276 Å². The maximum absolute atomic E-state index is 13.4. The molecule has 4 rings (SSSR count). The number of hydrogen-bond donors (Lipinski definition) is 5. The van der Waals surface area contributed by atoms with Crippen molar-refractivity contribution in [2.24, 2.45) is 5.10 Å². The predicted octanol–water partition coefficient (Wildman–Crippen LogP) is -6.94. The van der Waals surface area contributed by atoms with Crippen molar-refractivity contribution in [3.05, 3.63) is 111 Å². The van der Waals surface area contributed by atoms with E-state index in [9.17, 15) is 40.3 Å². The van der Waals surface area contributed by atoms with E-state index in [1.165, 1.54) is 66.8 Å². The summed E-state index contributed by atoms with van der Waals surface area (Å²) in [7, 11) is -9.73. The fourth-order valence-electron chi connectivity index (χ4n) is 4.78. The minimum atomic E-state index is -4.89. The van der Waals surface area contributed by atoms with Crippen molar-refractivity contribution in [3.8, 4) is 0 Å². The predicted molar refractivity (Wildman–Crippen MR) is 177 cm³/mol. The molecule has 2 heterocycles. The van der Waals surface area contributed by atoms with Crippen LogP contribution in [0.4, 0.5) is 0 Å². The molecule has 18 nitrogen and oxygen atoms in total. The molecular weight excluding hydrogens is 758 g/mol. The molecular formula is C31H32N6Na2O12S2. The number of benzene rings is 2. The Hall–Kier alpha value is -3.06. The van der Waals surface area contributed by atoms with Gasteiger partial charge in [-0.3, -0.25) is 24.3 Å². The van der Waals surface area contributed by atoms with Crippen LogP contribution in [0.2, 0.25) is 0 Å². The second kappa shape index (κ2) is 21.1. The molecule has 0 spiro atoms. The van der Waals surface area contributed by atoms with E-state index in [2.05, 4.69) is 21.0 Å². The smallest absolute Gasteiger partial charge is 0.744 e. The van der Waals surface area contributed by atoms with Crippen LogP contribution < -0.4 is 75.5 Å². The van der Waals surface area contributed by atoms with Gasteiger partial charge in [-0.15, -0.1) is 0 Å². The fraction of sp³-hybridized carbons (Fsp3) is 0.226. The Kier molecular flexibility index (Phi) is 18.4. The Morgan fingerprint density at radius 1 is 0.868 bits per heavy atom. The van der Waals surface area contributed by atoms with E-state index in [0.29, 0.717) is 0 Å². The molecule has 0 unspecified atom stereocenters. The third-order valence-corrected chi connectivity index (χ3v) is 8.91. The van der Waals surface area contributed by atoms with Crippen LogP contribution in [0, 0.1) is 0 Å². The van der Waals surface area contributed by atoms with Gasteiger partial charge in [-0.2, -0.15) is 10.6 Å². The number of carbonyl (C=O) groups is 2. The number of nitrogens with one attached hydrogen (secondary N) is 3. The Morgan fingerprint density at radius 3 is 2.04 bits per heavy atom. The standard InChI is InChI=1S/C31H34N6O12S2.2Na/c38-16-14-32-29(40)28-24(31(42)37(35-28)19-22-9-5-7-13-27(22)51(46,47)48)11-3-1-2-10-23-25(20-49-33-15-17-39)34-36(30(23)41)18-21-8-4-6-12-26(21)50(43,44)45;;/h1-13,33-34,38-39H,14-20H2,(H,32,40)(H,43,44,45)(H,46,47,48);;/q;2*+1/p-2/b3-1-,10-2+,24-11+;;. The zero-order valence-electron chi connectivity index (χ0n) is 28.6. The number of aliphatic hydroxyl groups excluding tert-OH is 2.